The molecule has 0 radical (unpaired) electrons. The van der Waals surface area contributed by atoms with Gasteiger partial charge in [-0.05, 0) is 12.1 Å². The lowest BCUT2D eigenvalue weighted by atomic mass is 10.3. The van der Waals surface area contributed by atoms with Gasteiger partial charge in [-0.2, -0.15) is 9.60 Å². The van der Waals surface area contributed by atoms with Crippen LogP contribution in [0.5, 0.6) is 0 Å². The predicted molar refractivity (Wildman–Crippen MR) is 49.5 cm³/mol. The molecule has 0 saturated carbocycles. The summed E-state index contributed by atoms with van der Waals surface area (Å²) in [7, 11) is 0. The highest BCUT2D eigenvalue weighted by Crippen LogP contribution is 1.97. The minimum Gasteiger partial charge on any atom is -0.343 e. The summed E-state index contributed by atoms with van der Waals surface area (Å²) in [6, 6.07) is 3.98. The van der Waals surface area contributed by atoms with Gasteiger partial charge < -0.3 is 5.32 Å². The molecular weight excluding hydrogens is 215 g/mol. The Morgan fingerprint density at radius 2 is 2.38 bits per heavy atom. The van der Waals surface area contributed by atoms with Crippen LogP contribution in [0.15, 0.2) is 18.2 Å². The van der Waals surface area contributed by atoms with Gasteiger partial charge in [0.1, 0.15) is 5.69 Å². The van der Waals surface area contributed by atoms with Crippen LogP contribution in [0, 0.1) is 5.95 Å². The van der Waals surface area contributed by atoms with Gasteiger partial charge in [0, 0.05) is 0 Å². The van der Waals surface area contributed by atoms with Crippen molar-refractivity contribution in [3.8, 4) is 0 Å². The first-order valence-electron chi connectivity index (χ1n) is 4.39. The van der Waals surface area contributed by atoms with Gasteiger partial charge in [0.2, 0.25) is 5.95 Å². The van der Waals surface area contributed by atoms with E-state index in [0.29, 0.717) is 5.82 Å². The van der Waals surface area contributed by atoms with Gasteiger partial charge in [-0.25, -0.2) is 4.98 Å². The molecule has 1 amide bonds. The van der Waals surface area contributed by atoms with Crippen molar-refractivity contribution in [2.24, 2.45) is 0 Å². The summed E-state index contributed by atoms with van der Waals surface area (Å²) in [4.78, 5) is 14.9. The molecule has 0 fully saturated rings. The molecule has 2 aromatic heterocycles. The molecule has 2 aromatic rings. The lowest BCUT2D eigenvalue weighted by Gasteiger charge is -2.00. The Morgan fingerprint density at radius 3 is 3.06 bits per heavy atom. The predicted octanol–water partition coefficient (Wildman–Crippen LogP) is -0.336. The molecule has 0 aliphatic rings. The molecule has 0 aliphatic heterocycles. The van der Waals surface area contributed by atoms with E-state index in [-0.39, 0.29) is 12.2 Å². The number of hydrogen-bond donors (Lipinski definition) is 2. The molecule has 7 nitrogen and oxygen atoms in total. The van der Waals surface area contributed by atoms with Gasteiger partial charge in [0.05, 0.1) is 6.54 Å². The summed E-state index contributed by atoms with van der Waals surface area (Å²) < 4.78 is 12.7. The van der Waals surface area contributed by atoms with E-state index < -0.39 is 11.9 Å². The van der Waals surface area contributed by atoms with Crippen LogP contribution in [0.2, 0.25) is 0 Å². The van der Waals surface area contributed by atoms with E-state index in [1.807, 2.05) is 0 Å². The Bertz CT molecular complexity index is 485. The Morgan fingerprint density at radius 1 is 1.50 bits per heavy atom. The number of aromatic amines is 1. The lowest BCUT2D eigenvalue weighted by Crippen LogP contribution is -2.24. The number of amides is 1. The van der Waals surface area contributed by atoms with Crippen LogP contribution in [0.25, 0.3) is 0 Å². The van der Waals surface area contributed by atoms with Crippen molar-refractivity contribution < 1.29 is 9.18 Å². The molecule has 0 aromatic carbocycles. The molecule has 0 spiro atoms. The Kier molecular flexibility index (Phi) is 2.81. The molecular formula is C8H7FN6O. The quantitative estimate of drug-likeness (QED) is 0.693. The first-order valence-corrected chi connectivity index (χ1v) is 4.39. The highest BCUT2D eigenvalue weighted by atomic mass is 19.1. The van der Waals surface area contributed by atoms with E-state index in [1.165, 1.54) is 12.1 Å². The normalized spacial score (nSPS) is 10.1. The van der Waals surface area contributed by atoms with E-state index in [0.717, 1.165) is 6.07 Å². The van der Waals surface area contributed by atoms with Crippen molar-refractivity contribution in [2.75, 3.05) is 0 Å². The monoisotopic (exact) mass is 222 g/mol. The molecule has 16 heavy (non-hydrogen) atoms. The van der Waals surface area contributed by atoms with Crippen LogP contribution < -0.4 is 5.32 Å². The van der Waals surface area contributed by atoms with Crippen molar-refractivity contribution in [1.29, 1.82) is 0 Å². The number of tetrazole rings is 1. The van der Waals surface area contributed by atoms with E-state index >= 15 is 0 Å². The average Bonchev–Trinajstić information content (AvgIpc) is 2.78. The topological polar surface area (TPSA) is 96.5 Å². The maximum absolute atomic E-state index is 12.7. The molecule has 0 unspecified atom stereocenters. The SMILES string of the molecule is O=C(NCc1nn[nH]n1)c1cccc(F)n1. The Balaban J connectivity index is 1.98. The van der Waals surface area contributed by atoms with Crippen LogP contribution >= 0.6 is 0 Å². The van der Waals surface area contributed by atoms with E-state index in [2.05, 4.69) is 30.9 Å². The zero-order chi connectivity index (χ0) is 11.4. The lowest BCUT2D eigenvalue weighted by molar-refractivity contribution is 0.0943. The third kappa shape index (κ3) is 2.35. The van der Waals surface area contributed by atoms with Gasteiger partial charge >= 0.3 is 0 Å². The Labute approximate surface area is 89.1 Å². The number of nitrogens with zero attached hydrogens (tertiary/aromatic N) is 4. The molecule has 0 aliphatic carbocycles. The van der Waals surface area contributed by atoms with Gasteiger partial charge in [0.15, 0.2) is 5.82 Å². The number of halogens is 1. The number of carbonyl (C=O) groups is 1. The number of nitrogens with one attached hydrogen (secondary N) is 2. The largest absolute Gasteiger partial charge is 0.343 e. The fourth-order valence-corrected chi connectivity index (χ4v) is 1.04. The van der Waals surface area contributed by atoms with Gasteiger partial charge in [0.25, 0.3) is 5.91 Å². The fraction of sp³-hybridized carbons (Fsp3) is 0.125. The second-order valence-corrected chi connectivity index (χ2v) is 2.86. The third-order valence-corrected chi connectivity index (χ3v) is 1.74. The van der Waals surface area contributed by atoms with Crippen molar-refractivity contribution >= 4 is 5.91 Å². The Hall–Kier alpha value is -2.38. The fourth-order valence-electron chi connectivity index (χ4n) is 1.04. The zero-order valence-corrected chi connectivity index (χ0v) is 8.01. The molecule has 2 N–H and O–H groups in total. The molecule has 0 saturated heterocycles. The number of rotatable bonds is 3. The van der Waals surface area contributed by atoms with E-state index in [9.17, 15) is 9.18 Å². The first-order chi connectivity index (χ1) is 7.75. The highest BCUT2D eigenvalue weighted by Gasteiger charge is 2.08. The number of carbonyl (C=O) groups excluding carboxylic acids is 1. The number of pyridine rings is 1. The minimum absolute atomic E-state index is 0.00324. The average molecular weight is 222 g/mol. The summed E-state index contributed by atoms with van der Waals surface area (Å²) in [5, 5.41) is 15.3. The van der Waals surface area contributed by atoms with Crippen LogP contribution in [-0.4, -0.2) is 31.5 Å². The second-order valence-electron chi connectivity index (χ2n) is 2.86. The van der Waals surface area contributed by atoms with Crippen molar-refractivity contribution in [3.63, 3.8) is 0 Å². The number of aromatic nitrogens is 5. The molecule has 0 bridgehead atoms. The third-order valence-electron chi connectivity index (χ3n) is 1.74. The highest BCUT2D eigenvalue weighted by molar-refractivity contribution is 5.92. The van der Waals surface area contributed by atoms with Gasteiger partial charge in [-0.3, -0.25) is 4.79 Å². The standard InChI is InChI=1S/C8H7FN6O/c9-6-3-1-2-5(11-6)8(16)10-4-7-12-14-15-13-7/h1-3H,4H2,(H,10,16)(H,12,13,14,15). The molecule has 8 heteroatoms. The van der Waals surface area contributed by atoms with Gasteiger partial charge in [-0.1, -0.05) is 11.3 Å². The van der Waals surface area contributed by atoms with Crippen molar-refractivity contribution in [1.82, 2.24) is 30.9 Å². The smallest absolute Gasteiger partial charge is 0.270 e. The first kappa shape index (κ1) is 10.1. The maximum atomic E-state index is 12.7. The summed E-state index contributed by atoms with van der Waals surface area (Å²) in [5.41, 5.74) is 0.00324. The van der Waals surface area contributed by atoms with Gasteiger partial charge in [-0.15, -0.1) is 10.2 Å². The molecule has 2 heterocycles. The van der Waals surface area contributed by atoms with Crippen LogP contribution in [0.1, 0.15) is 16.3 Å². The molecule has 82 valence electrons. The summed E-state index contributed by atoms with van der Waals surface area (Å²) in [6.45, 7) is 0.105. The number of hydrogen-bond acceptors (Lipinski definition) is 5. The van der Waals surface area contributed by atoms with E-state index in [4.69, 9.17) is 0 Å². The van der Waals surface area contributed by atoms with Crippen molar-refractivity contribution in [2.45, 2.75) is 6.54 Å². The summed E-state index contributed by atoms with van der Waals surface area (Å²) >= 11 is 0. The maximum Gasteiger partial charge on any atom is 0.270 e. The van der Waals surface area contributed by atoms with E-state index in [1.54, 1.807) is 0 Å². The van der Waals surface area contributed by atoms with Crippen LogP contribution in [-0.2, 0) is 6.54 Å². The number of H-pyrrole nitrogens is 1. The summed E-state index contributed by atoms with van der Waals surface area (Å²) in [5.74, 6) is -0.860. The van der Waals surface area contributed by atoms with Crippen molar-refractivity contribution in [3.05, 3.63) is 35.7 Å². The molecule has 0 atom stereocenters. The minimum atomic E-state index is -0.702. The van der Waals surface area contributed by atoms with Crippen LogP contribution in [0.3, 0.4) is 0 Å². The van der Waals surface area contributed by atoms with Crippen LogP contribution in [0.4, 0.5) is 4.39 Å². The summed E-state index contributed by atoms with van der Waals surface area (Å²) in [6.07, 6.45) is 0. The molecule has 2 rings (SSSR count). The zero-order valence-electron chi connectivity index (χ0n) is 8.01. The second kappa shape index (κ2) is 4.43.